The first-order valence-corrected chi connectivity index (χ1v) is 14.7. The molecule has 10 heteroatoms. The number of nitrogens with one attached hydrogen (secondary N) is 2. The smallest absolute Gasteiger partial charge is 0.319 e. The predicted octanol–water partition coefficient (Wildman–Crippen LogP) is 4.70. The Morgan fingerprint density at radius 1 is 0.976 bits per heavy atom. The van der Waals surface area contributed by atoms with Gasteiger partial charge in [-0.15, -0.1) is 0 Å². The number of nitrogens with zero attached hydrogens (tertiary/aromatic N) is 6. The van der Waals surface area contributed by atoms with Crippen molar-refractivity contribution < 1.29 is 9.53 Å². The monoisotopic (exact) mass is 554 g/mol. The number of hydrogen-bond acceptors (Lipinski definition) is 7. The van der Waals surface area contributed by atoms with E-state index in [0.29, 0.717) is 25.6 Å². The van der Waals surface area contributed by atoms with Crippen molar-refractivity contribution in [1.82, 2.24) is 30.0 Å². The number of aromatic nitrogens is 4. The van der Waals surface area contributed by atoms with Crippen LogP contribution < -0.4 is 15.5 Å². The fourth-order valence-electron chi connectivity index (χ4n) is 5.60. The molecule has 0 unspecified atom stereocenters. The molecule has 2 amide bonds. The van der Waals surface area contributed by atoms with Crippen molar-refractivity contribution in [2.45, 2.75) is 38.8 Å². The molecular formula is C31H38N8O2. The number of hydrogen-bond donors (Lipinski definition) is 2. The van der Waals surface area contributed by atoms with E-state index in [1.165, 1.54) is 5.56 Å². The van der Waals surface area contributed by atoms with Gasteiger partial charge in [0.05, 0.1) is 30.8 Å². The van der Waals surface area contributed by atoms with E-state index in [2.05, 4.69) is 55.4 Å². The molecule has 2 aromatic heterocycles. The van der Waals surface area contributed by atoms with Gasteiger partial charge in [-0.25, -0.2) is 19.4 Å². The Labute approximate surface area is 240 Å². The van der Waals surface area contributed by atoms with E-state index in [4.69, 9.17) is 19.8 Å². The van der Waals surface area contributed by atoms with Crippen LogP contribution in [0.25, 0.3) is 22.4 Å². The van der Waals surface area contributed by atoms with Gasteiger partial charge in [-0.1, -0.05) is 37.3 Å². The van der Waals surface area contributed by atoms with E-state index < -0.39 is 0 Å². The van der Waals surface area contributed by atoms with Gasteiger partial charge in [0.15, 0.2) is 11.5 Å². The molecule has 0 radical (unpaired) electrons. The molecule has 0 bridgehead atoms. The molecule has 2 aliphatic heterocycles. The third-order valence-corrected chi connectivity index (χ3v) is 7.83. The molecule has 2 saturated heterocycles. The first kappa shape index (κ1) is 27.2. The zero-order valence-corrected chi connectivity index (χ0v) is 23.6. The van der Waals surface area contributed by atoms with Crippen LogP contribution in [0.4, 0.5) is 16.3 Å². The Hall–Kier alpha value is -4.02. The molecule has 6 rings (SSSR count). The number of fused-ring (bicyclic) bond motifs is 1. The van der Waals surface area contributed by atoms with Gasteiger partial charge in [-0.05, 0) is 49.1 Å². The summed E-state index contributed by atoms with van der Waals surface area (Å²) in [4.78, 5) is 27.0. The Kier molecular flexibility index (Phi) is 8.39. The zero-order chi connectivity index (χ0) is 28.0. The lowest BCUT2D eigenvalue weighted by molar-refractivity contribution is 0.122. The molecule has 2 aromatic carbocycles. The number of ether oxygens (including phenoxy) is 1. The van der Waals surface area contributed by atoms with Crippen LogP contribution in [0.15, 0.2) is 60.8 Å². The molecule has 4 heterocycles. The molecule has 0 spiro atoms. The number of piperidine rings is 1. The third kappa shape index (κ3) is 6.34. The summed E-state index contributed by atoms with van der Waals surface area (Å²) in [5.74, 6) is 1.56. The second-order valence-corrected chi connectivity index (χ2v) is 10.7. The van der Waals surface area contributed by atoms with Crippen molar-refractivity contribution in [1.29, 1.82) is 0 Å². The molecule has 0 atom stereocenters. The van der Waals surface area contributed by atoms with E-state index in [1.807, 2.05) is 37.4 Å². The number of amides is 2. The van der Waals surface area contributed by atoms with E-state index in [1.54, 1.807) is 0 Å². The van der Waals surface area contributed by atoms with Gasteiger partial charge >= 0.3 is 6.03 Å². The topological polar surface area (TPSA) is 100 Å². The molecule has 0 saturated carbocycles. The SMILES string of the molecule is CCCNC(=O)Nc1ccc(-c2nc(N3CCOCC3)c3cnn(C4CCN(Cc5ccccc5)CC4)c3n2)cc1. The zero-order valence-electron chi connectivity index (χ0n) is 23.6. The summed E-state index contributed by atoms with van der Waals surface area (Å²) in [5.41, 5.74) is 3.85. The maximum absolute atomic E-state index is 12.1. The minimum absolute atomic E-state index is 0.203. The Morgan fingerprint density at radius 3 is 2.46 bits per heavy atom. The highest BCUT2D eigenvalue weighted by Crippen LogP contribution is 2.32. The molecular weight excluding hydrogens is 516 g/mol. The summed E-state index contributed by atoms with van der Waals surface area (Å²) >= 11 is 0. The minimum atomic E-state index is -0.203. The van der Waals surface area contributed by atoms with Gasteiger partial charge in [-0.3, -0.25) is 4.90 Å². The number of carbonyl (C=O) groups excluding carboxylic acids is 1. The molecule has 214 valence electrons. The first-order chi connectivity index (χ1) is 20.2. The van der Waals surface area contributed by atoms with Crippen molar-refractivity contribution >= 4 is 28.6 Å². The average molecular weight is 555 g/mol. The Bertz CT molecular complexity index is 1440. The largest absolute Gasteiger partial charge is 0.378 e. The van der Waals surface area contributed by atoms with Crippen LogP contribution in [-0.4, -0.2) is 76.6 Å². The van der Waals surface area contributed by atoms with Gasteiger partial charge in [0.1, 0.15) is 5.82 Å². The number of carbonyl (C=O) groups is 1. The van der Waals surface area contributed by atoms with Crippen molar-refractivity contribution in [3.05, 3.63) is 66.4 Å². The van der Waals surface area contributed by atoms with Crippen LogP contribution in [-0.2, 0) is 11.3 Å². The summed E-state index contributed by atoms with van der Waals surface area (Å²) in [7, 11) is 0. The number of urea groups is 1. The molecule has 10 nitrogen and oxygen atoms in total. The van der Waals surface area contributed by atoms with Gasteiger partial charge in [-0.2, -0.15) is 5.10 Å². The van der Waals surface area contributed by atoms with Crippen LogP contribution in [0.5, 0.6) is 0 Å². The maximum Gasteiger partial charge on any atom is 0.319 e. The van der Waals surface area contributed by atoms with Crippen LogP contribution in [0.1, 0.15) is 37.8 Å². The summed E-state index contributed by atoms with van der Waals surface area (Å²) < 4.78 is 7.74. The van der Waals surface area contributed by atoms with Crippen molar-refractivity contribution in [2.24, 2.45) is 0 Å². The van der Waals surface area contributed by atoms with Crippen LogP contribution in [0, 0.1) is 0 Å². The quantitative estimate of drug-likeness (QED) is 0.326. The van der Waals surface area contributed by atoms with Gasteiger partial charge < -0.3 is 20.3 Å². The molecule has 0 aliphatic carbocycles. The molecule has 2 fully saturated rings. The first-order valence-electron chi connectivity index (χ1n) is 14.7. The van der Waals surface area contributed by atoms with Crippen molar-refractivity contribution in [3.8, 4) is 11.4 Å². The molecule has 2 aliphatic rings. The number of rotatable bonds is 8. The third-order valence-electron chi connectivity index (χ3n) is 7.83. The number of anilines is 2. The van der Waals surface area contributed by atoms with Crippen LogP contribution in [0.2, 0.25) is 0 Å². The minimum Gasteiger partial charge on any atom is -0.378 e. The van der Waals surface area contributed by atoms with E-state index in [-0.39, 0.29) is 12.1 Å². The lowest BCUT2D eigenvalue weighted by Gasteiger charge is -2.32. The highest BCUT2D eigenvalue weighted by atomic mass is 16.5. The number of morpholine rings is 1. The molecule has 2 N–H and O–H groups in total. The van der Waals surface area contributed by atoms with Gasteiger partial charge in [0, 0.05) is 50.5 Å². The van der Waals surface area contributed by atoms with Gasteiger partial charge in [0.25, 0.3) is 0 Å². The summed E-state index contributed by atoms with van der Waals surface area (Å²) in [6.45, 7) is 8.61. The predicted molar refractivity (Wildman–Crippen MR) is 161 cm³/mol. The normalized spacial score (nSPS) is 16.7. The number of benzene rings is 2. The van der Waals surface area contributed by atoms with Gasteiger partial charge in [0.2, 0.25) is 0 Å². The van der Waals surface area contributed by atoms with Crippen molar-refractivity contribution in [3.63, 3.8) is 0 Å². The maximum atomic E-state index is 12.1. The Morgan fingerprint density at radius 2 is 1.73 bits per heavy atom. The lowest BCUT2D eigenvalue weighted by atomic mass is 10.0. The second kappa shape index (κ2) is 12.7. The van der Waals surface area contributed by atoms with E-state index >= 15 is 0 Å². The summed E-state index contributed by atoms with van der Waals surface area (Å²) in [5, 5.41) is 11.6. The molecule has 4 aromatic rings. The van der Waals surface area contributed by atoms with Crippen molar-refractivity contribution in [2.75, 3.05) is 56.2 Å². The number of likely N-dealkylation sites (tertiary alicyclic amines) is 1. The summed E-state index contributed by atoms with van der Waals surface area (Å²) in [6, 6.07) is 18.5. The highest BCUT2D eigenvalue weighted by Gasteiger charge is 2.26. The lowest BCUT2D eigenvalue weighted by Crippen LogP contribution is -2.37. The van der Waals surface area contributed by atoms with E-state index in [9.17, 15) is 4.79 Å². The standard InChI is InChI=1S/C31H38N8O2/c1-2-14-32-31(40)34-25-10-8-24(9-11-25)28-35-29(38-17-19-41-20-18-38)27-21-33-39(30(27)36-28)26-12-15-37(16-13-26)22-23-6-4-3-5-7-23/h3-11,21,26H,2,12-20,22H2,1H3,(H2,32,34,40). The average Bonchev–Trinajstić information content (AvgIpc) is 3.45. The van der Waals surface area contributed by atoms with Crippen LogP contribution >= 0.6 is 0 Å². The Balaban J connectivity index is 1.26. The summed E-state index contributed by atoms with van der Waals surface area (Å²) in [6.07, 6.45) is 4.87. The van der Waals surface area contributed by atoms with E-state index in [0.717, 1.165) is 80.1 Å². The second-order valence-electron chi connectivity index (χ2n) is 10.7. The molecule has 41 heavy (non-hydrogen) atoms. The van der Waals surface area contributed by atoms with Crippen LogP contribution in [0.3, 0.4) is 0 Å². The fourth-order valence-corrected chi connectivity index (χ4v) is 5.60. The fraction of sp³-hybridized carbons (Fsp3) is 0.419. The highest BCUT2D eigenvalue weighted by molar-refractivity contribution is 5.90.